The molecule has 1 fully saturated rings. The summed E-state index contributed by atoms with van der Waals surface area (Å²) < 4.78 is 26.5. The maximum Gasteiger partial charge on any atom is 0.146 e. The summed E-state index contributed by atoms with van der Waals surface area (Å²) in [5.41, 5.74) is 5.78. The van der Waals surface area contributed by atoms with E-state index in [1.54, 1.807) is 0 Å². The van der Waals surface area contributed by atoms with Crippen molar-refractivity contribution in [3.8, 4) is 0 Å². The van der Waals surface area contributed by atoms with Crippen molar-refractivity contribution < 1.29 is 8.78 Å². The smallest absolute Gasteiger partial charge is 0.146 e. The number of anilines is 1. The third-order valence-electron chi connectivity index (χ3n) is 3.66. The number of likely N-dealkylation sites (tertiary alicyclic amines) is 1. The molecule has 1 heterocycles. The Bertz CT molecular complexity index is 404. The average Bonchev–Trinajstić information content (AvgIpc) is 2.42. The van der Waals surface area contributed by atoms with Crippen LogP contribution in [-0.4, -0.2) is 37.6 Å². The molecule has 0 aromatic heterocycles. The number of piperidine rings is 1. The fourth-order valence-corrected chi connectivity index (χ4v) is 2.48. The second-order valence-electron chi connectivity index (χ2n) is 5.08. The van der Waals surface area contributed by atoms with E-state index < -0.39 is 11.6 Å². The molecule has 3 nitrogen and oxygen atoms in total. The van der Waals surface area contributed by atoms with Gasteiger partial charge in [-0.15, -0.1) is 0 Å². The van der Waals surface area contributed by atoms with Gasteiger partial charge in [0.1, 0.15) is 11.6 Å². The van der Waals surface area contributed by atoms with Crippen LogP contribution in [0.15, 0.2) is 18.2 Å². The van der Waals surface area contributed by atoms with E-state index >= 15 is 0 Å². The Kier molecular flexibility index (Phi) is 5.10. The minimum absolute atomic E-state index is 0.254. The number of nitrogens with one attached hydrogen (secondary N) is 1. The number of hydrogen-bond donors (Lipinski definition) is 2. The molecule has 1 aliphatic rings. The van der Waals surface area contributed by atoms with Crippen molar-refractivity contribution in [2.75, 3.05) is 38.0 Å². The van der Waals surface area contributed by atoms with Gasteiger partial charge in [-0.2, -0.15) is 0 Å². The van der Waals surface area contributed by atoms with E-state index in [4.69, 9.17) is 5.73 Å². The average molecular weight is 269 g/mol. The minimum atomic E-state index is -0.415. The fraction of sp³-hybridized carbons (Fsp3) is 0.571. The molecule has 0 unspecified atom stereocenters. The topological polar surface area (TPSA) is 41.3 Å². The second-order valence-corrected chi connectivity index (χ2v) is 5.08. The Labute approximate surface area is 112 Å². The Morgan fingerprint density at radius 1 is 1.26 bits per heavy atom. The summed E-state index contributed by atoms with van der Waals surface area (Å²) in [7, 11) is 0. The van der Waals surface area contributed by atoms with E-state index in [9.17, 15) is 8.78 Å². The quantitative estimate of drug-likeness (QED) is 0.859. The monoisotopic (exact) mass is 269 g/mol. The van der Waals surface area contributed by atoms with Crippen LogP contribution in [0.1, 0.15) is 12.8 Å². The lowest BCUT2D eigenvalue weighted by Gasteiger charge is -2.31. The molecule has 0 saturated carbocycles. The van der Waals surface area contributed by atoms with Gasteiger partial charge in [-0.3, -0.25) is 0 Å². The van der Waals surface area contributed by atoms with Crippen LogP contribution in [-0.2, 0) is 0 Å². The molecular formula is C14H21F2N3. The molecule has 1 saturated heterocycles. The van der Waals surface area contributed by atoms with E-state index in [0.717, 1.165) is 44.6 Å². The zero-order valence-electron chi connectivity index (χ0n) is 11.0. The zero-order valence-corrected chi connectivity index (χ0v) is 11.0. The molecule has 0 bridgehead atoms. The number of halogens is 2. The van der Waals surface area contributed by atoms with Crippen LogP contribution < -0.4 is 11.1 Å². The number of benzene rings is 1. The SMILES string of the molecule is NCCN1CCC(CNc2cc(F)ccc2F)CC1. The normalized spacial score (nSPS) is 17.6. The summed E-state index contributed by atoms with van der Waals surface area (Å²) in [5.74, 6) is -0.305. The van der Waals surface area contributed by atoms with Gasteiger partial charge in [-0.05, 0) is 50.0 Å². The first kappa shape index (κ1) is 14.2. The minimum Gasteiger partial charge on any atom is -0.382 e. The van der Waals surface area contributed by atoms with E-state index in [0.29, 0.717) is 19.0 Å². The van der Waals surface area contributed by atoms with Gasteiger partial charge in [0.25, 0.3) is 0 Å². The first-order valence-electron chi connectivity index (χ1n) is 6.80. The Balaban J connectivity index is 1.79. The Morgan fingerprint density at radius 2 is 2.00 bits per heavy atom. The summed E-state index contributed by atoms with van der Waals surface area (Å²) in [4.78, 5) is 2.35. The Morgan fingerprint density at radius 3 is 2.68 bits per heavy atom. The standard InChI is InChI=1S/C14H21F2N3/c15-12-1-2-13(16)14(9-12)18-10-11-3-6-19(7-4-11)8-5-17/h1-2,9,11,18H,3-8,10,17H2. The second kappa shape index (κ2) is 6.82. The van der Waals surface area contributed by atoms with Crippen molar-refractivity contribution in [2.24, 2.45) is 11.7 Å². The molecule has 19 heavy (non-hydrogen) atoms. The van der Waals surface area contributed by atoms with Gasteiger partial charge in [0.05, 0.1) is 5.69 Å². The zero-order chi connectivity index (χ0) is 13.7. The molecule has 0 spiro atoms. The van der Waals surface area contributed by atoms with E-state index in [2.05, 4.69) is 10.2 Å². The number of hydrogen-bond acceptors (Lipinski definition) is 3. The van der Waals surface area contributed by atoms with Crippen molar-refractivity contribution in [2.45, 2.75) is 12.8 Å². The summed E-state index contributed by atoms with van der Waals surface area (Å²) in [5, 5.41) is 3.01. The molecular weight excluding hydrogens is 248 g/mol. The summed E-state index contributed by atoms with van der Waals surface area (Å²) in [6.45, 7) is 4.40. The van der Waals surface area contributed by atoms with Crippen LogP contribution in [0.5, 0.6) is 0 Å². The Hall–Kier alpha value is -1.20. The highest BCUT2D eigenvalue weighted by Crippen LogP contribution is 2.20. The van der Waals surface area contributed by atoms with Crippen LogP contribution in [0.4, 0.5) is 14.5 Å². The highest BCUT2D eigenvalue weighted by atomic mass is 19.1. The summed E-state index contributed by atoms with van der Waals surface area (Å²) >= 11 is 0. The van der Waals surface area contributed by atoms with Gasteiger partial charge in [0.2, 0.25) is 0 Å². The van der Waals surface area contributed by atoms with E-state index in [1.165, 1.54) is 6.07 Å². The molecule has 1 aromatic rings. The van der Waals surface area contributed by atoms with E-state index in [-0.39, 0.29) is 5.69 Å². The molecule has 1 aliphatic heterocycles. The molecule has 0 aliphatic carbocycles. The van der Waals surface area contributed by atoms with Crippen molar-refractivity contribution in [3.05, 3.63) is 29.8 Å². The van der Waals surface area contributed by atoms with Crippen LogP contribution in [0.3, 0.4) is 0 Å². The maximum absolute atomic E-state index is 13.4. The lowest BCUT2D eigenvalue weighted by atomic mass is 9.96. The lowest BCUT2D eigenvalue weighted by Crippen LogP contribution is -2.38. The number of nitrogens with zero attached hydrogens (tertiary/aromatic N) is 1. The van der Waals surface area contributed by atoms with Crippen molar-refractivity contribution in [1.29, 1.82) is 0 Å². The molecule has 0 atom stereocenters. The highest BCUT2D eigenvalue weighted by molar-refractivity contribution is 5.44. The summed E-state index contributed by atoms with van der Waals surface area (Å²) in [6.07, 6.45) is 2.15. The molecule has 2 rings (SSSR count). The molecule has 3 N–H and O–H groups in total. The predicted molar refractivity (Wildman–Crippen MR) is 73.1 cm³/mol. The third-order valence-corrected chi connectivity index (χ3v) is 3.66. The summed E-state index contributed by atoms with van der Waals surface area (Å²) in [6, 6.07) is 3.49. The van der Waals surface area contributed by atoms with Gasteiger partial charge in [-0.1, -0.05) is 0 Å². The lowest BCUT2D eigenvalue weighted by molar-refractivity contribution is 0.194. The van der Waals surface area contributed by atoms with Crippen LogP contribution >= 0.6 is 0 Å². The third kappa shape index (κ3) is 4.14. The molecule has 0 radical (unpaired) electrons. The van der Waals surface area contributed by atoms with E-state index in [1.807, 2.05) is 0 Å². The molecule has 5 heteroatoms. The van der Waals surface area contributed by atoms with Gasteiger partial charge >= 0.3 is 0 Å². The maximum atomic E-state index is 13.4. The van der Waals surface area contributed by atoms with Crippen LogP contribution in [0.25, 0.3) is 0 Å². The molecule has 106 valence electrons. The first-order valence-corrected chi connectivity index (χ1v) is 6.80. The van der Waals surface area contributed by atoms with Crippen molar-refractivity contribution >= 4 is 5.69 Å². The van der Waals surface area contributed by atoms with Gasteiger partial charge in [0, 0.05) is 19.6 Å². The first-order chi connectivity index (χ1) is 9.19. The predicted octanol–water partition coefficient (Wildman–Crippen LogP) is 2.05. The van der Waals surface area contributed by atoms with Gasteiger partial charge in [-0.25, -0.2) is 8.78 Å². The molecule has 0 amide bonds. The number of rotatable bonds is 5. The van der Waals surface area contributed by atoms with Crippen molar-refractivity contribution in [1.82, 2.24) is 4.90 Å². The van der Waals surface area contributed by atoms with Crippen LogP contribution in [0.2, 0.25) is 0 Å². The van der Waals surface area contributed by atoms with Gasteiger partial charge in [0.15, 0.2) is 0 Å². The molecule has 1 aromatic carbocycles. The van der Waals surface area contributed by atoms with Crippen molar-refractivity contribution in [3.63, 3.8) is 0 Å². The highest BCUT2D eigenvalue weighted by Gasteiger charge is 2.18. The largest absolute Gasteiger partial charge is 0.382 e. The van der Waals surface area contributed by atoms with Gasteiger partial charge < -0.3 is 16.0 Å². The van der Waals surface area contributed by atoms with Crippen LogP contribution in [0, 0.1) is 17.6 Å². The number of nitrogens with two attached hydrogens (primary N) is 1. The fourth-order valence-electron chi connectivity index (χ4n) is 2.48.